The van der Waals surface area contributed by atoms with Crippen LogP contribution in [0.15, 0.2) is 11.0 Å². The molecule has 1 aliphatic heterocycles. The third-order valence-corrected chi connectivity index (χ3v) is 7.09. The zero-order valence-electron chi connectivity index (χ0n) is 13.2. The van der Waals surface area contributed by atoms with Crippen molar-refractivity contribution in [3.05, 3.63) is 15.8 Å². The first-order valence-corrected chi connectivity index (χ1v) is 9.98. The van der Waals surface area contributed by atoms with E-state index in [0.717, 1.165) is 42.1 Å². The van der Waals surface area contributed by atoms with Crippen LogP contribution in [0, 0.1) is 19.8 Å². The van der Waals surface area contributed by atoms with Crippen LogP contribution < -0.4 is 5.32 Å². The molecule has 0 amide bonds. The van der Waals surface area contributed by atoms with Crippen molar-refractivity contribution in [1.29, 1.82) is 0 Å². The molecule has 1 aromatic heterocycles. The SMILES string of the molecule is CCCN(CC1CCNCC1)S(=O)(=O)c1cc(C)sc1C. The maximum atomic E-state index is 12.9. The summed E-state index contributed by atoms with van der Waals surface area (Å²) in [5.41, 5.74) is 0. The summed E-state index contributed by atoms with van der Waals surface area (Å²) in [5, 5.41) is 3.34. The summed E-state index contributed by atoms with van der Waals surface area (Å²) in [6, 6.07) is 1.82. The first-order valence-electron chi connectivity index (χ1n) is 7.73. The predicted molar refractivity (Wildman–Crippen MR) is 88.4 cm³/mol. The maximum Gasteiger partial charge on any atom is 0.244 e. The normalized spacial score (nSPS) is 17.5. The number of nitrogens with zero attached hydrogens (tertiary/aromatic N) is 1. The zero-order chi connectivity index (χ0) is 15.5. The van der Waals surface area contributed by atoms with Crippen LogP contribution in [0.4, 0.5) is 0 Å². The third-order valence-electron chi connectivity index (χ3n) is 4.01. The van der Waals surface area contributed by atoms with Crippen molar-refractivity contribution in [3.8, 4) is 0 Å². The smallest absolute Gasteiger partial charge is 0.244 e. The van der Waals surface area contributed by atoms with E-state index in [1.807, 2.05) is 26.8 Å². The van der Waals surface area contributed by atoms with Crippen LogP contribution in [0.5, 0.6) is 0 Å². The Morgan fingerprint density at radius 1 is 1.33 bits per heavy atom. The van der Waals surface area contributed by atoms with Gasteiger partial charge in [0.05, 0.1) is 4.90 Å². The fourth-order valence-corrected chi connectivity index (χ4v) is 6.05. The average molecular weight is 331 g/mol. The lowest BCUT2D eigenvalue weighted by Crippen LogP contribution is -2.39. The van der Waals surface area contributed by atoms with Crippen molar-refractivity contribution < 1.29 is 8.42 Å². The molecular formula is C15H26N2O2S2. The number of rotatable bonds is 6. The molecule has 1 aromatic rings. The summed E-state index contributed by atoms with van der Waals surface area (Å²) in [6.45, 7) is 9.18. The van der Waals surface area contributed by atoms with Gasteiger partial charge in [-0.3, -0.25) is 0 Å². The summed E-state index contributed by atoms with van der Waals surface area (Å²) in [4.78, 5) is 2.47. The van der Waals surface area contributed by atoms with Gasteiger partial charge in [-0.25, -0.2) is 8.42 Å². The summed E-state index contributed by atoms with van der Waals surface area (Å²) in [6.07, 6.45) is 2.99. The van der Waals surface area contributed by atoms with Crippen molar-refractivity contribution in [2.45, 2.75) is 44.9 Å². The van der Waals surface area contributed by atoms with E-state index in [-0.39, 0.29) is 0 Å². The molecule has 0 saturated carbocycles. The number of nitrogens with one attached hydrogen (secondary N) is 1. The van der Waals surface area contributed by atoms with Gasteiger partial charge in [0.15, 0.2) is 0 Å². The molecular weight excluding hydrogens is 304 g/mol. The zero-order valence-corrected chi connectivity index (χ0v) is 14.8. The molecule has 4 nitrogen and oxygen atoms in total. The number of thiophene rings is 1. The molecule has 0 unspecified atom stereocenters. The molecule has 0 aromatic carbocycles. The van der Waals surface area contributed by atoms with Gasteiger partial charge in [0, 0.05) is 22.8 Å². The Morgan fingerprint density at radius 3 is 2.52 bits per heavy atom. The second-order valence-electron chi connectivity index (χ2n) is 5.83. The predicted octanol–water partition coefficient (Wildman–Crippen LogP) is 2.77. The van der Waals surface area contributed by atoms with E-state index in [0.29, 0.717) is 23.9 Å². The molecule has 0 bridgehead atoms. The van der Waals surface area contributed by atoms with Crippen LogP contribution >= 0.6 is 11.3 Å². The largest absolute Gasteiger partial charge is 0.317 e. The second-order valence-corrected chi connectivity index (χ2v) is 9.20. The van der Waals surface area contributed by atoms with Crippen molar-refractivity contribution in [1.82, 2.24) is 9.62 Å². The van der Waals surface area contributed by atoms with Crippen LogP contribution in [0.1, 0.15) is 35.9 Å². The van der Waals surface area contributed by atoms with Gasteiger partial charge < -0.3 is 5.32 Å². The van der Waals surface area contributed by atoms with Crippen LogP contribution in [0.2, 0.25) is 0 Å². The molecule has 1 fully saturated rings. The van der Waals surface area contributed by atoms with Crippen LogP contribution in [0.3, 0.4) is 0 Å². The minimum absolute atomic E-state index is 0.479. The number of piperidine rings is 1. The van der Waals surface area contributed by atoms with Crippen LogP contribution in [-0.4, -0.2) is 38.9 Å². The van der Waals surface area contributed by atoms with Crippen molar-refractivity contribution in [2.75, 3.05) is 26.2 Å². The molecule has 1 saturated heterocycles. The Balaban J connectivity index is 2.21. The van der Waals surface area contributed by atoms with Gasteiger partial charge >= 0.3 is 0 Å². The number of aryl methyl sites for hydroxylation is 2. The highest BCUT2D eigenvalue weighted by molar-refractivity contribution is 7.89. The van der Waals surface area contributed by atoms with E-state index in [2.05, 4.69) is 5.32 Å². The third kappa shape index (κ3) is 4.06. The van der Waals surface area contributed by atoms with Gasteiger partial charge in [0.2, 0.25) is 10.0 Å². The lowest BCUT2D eigenvalue weighted by molar-refractivity contribution is 0.288. The highest BCUT2D eigenvalue weighted by atomic mass is 32.2. The Kier molecular flexibility index (Phi) is 5.82. The van der Waals surface area contributed by atoms with Gasteiger partial charge in [-0.15, -0.1) is 11.3 Å². The molecule has 2 heterocycles. The van der Waals surface area contributed by atoms with Crippen molar-refractivity contribution in [3.63, 3.8) is 0 Å². The standard InChI is InChI=1S/C15H26N2O2S2/c1-4-9-17(11-14-5-7-16-8-6-14)21(18,19)15-10-12(2)20-13(15)3/h10,14,16H,4-9,11H2,1-3H3. The van der Waals surface area contributed by atoms with E-state index >= 15 is 0 Å². The summed E-state index contributed by atoms with van der Waals surface area (Å²) < 4.78 is 27.6. The fourth-order valence-electron chi connectivity index (χ4n) is 2.91. The number of sulfonamides is 1. The second kappa shape index (κ2) is 7.22. The summed E-state index contributed by atoms with van der Waals surface area (Å²) in [7, 11) is -3.35. The Labute approximate surface area is 132 Å². The van der Waals surface area contributed by atoms with Crippen LogP contribution in [0.25, 0.3) is 0 Å². The van der Waals surface area contributed by atoms with Gasteiger partial charge in [0.1, 0.15) is 0 Å². The molecule has 1 aliphatic rings. The van der Waals surface area contributed by atoms with E-state index in [1.54, 1.807) is 15.6 Å². The number of hydrogen-bond donors (Lipinski definition) is 1. The molecule has 0 spiro atoms. The minimum atomic E-state index is -3.35. The molecule has 2 rings (SSSR count). The average Bonchev–Trinajstić information content (AvgIpc) is 2.79. The molecule has 6 heteroatoms. The lowest BCUT2D eigenvalue weighted by Gasteiger charge is -2.29. The Hall–Kier alpha value is -0.430. The molecule has 0 radical (unpaired) electrons. The Bertz CT molecular complexity index is 560. The highest BCUT2D eigenvalue weighted by Crippen LogP contribution is 2.29. The van der Waals surface area contributed by atoms with Crippen LogP contribution in [-0.2, 0) is 10.0 Å². The Morgan fingerprint density at radius 2 is 2.00 bits per heavy atom. The first kappa shape index (κ1) is 16.9. The topological polar surface area (TPSA) is 49.4 Å². The van der Waals surface area contributed by atoms with E-state index in [1.165, 1.54) is 0 Å². The van der Waals surface area contributed by atoms with Gasteiger partial charge in [0.25, 0.3) is 0 Å². The van der Waals surface area contributed by atoms with E-state index < -0.39 is 10.0 Å². The van der Waals surface area contributed by atoms with Gasteiger partial charge in [-0.2, -0.15) is 4.31 Å². The summed E-state index contributed by atoms with van der Waals surface area (Å²) in [5.74, 6) is 0.479. The van der Waals surface area contributed by atoms with Crippen molar-refractivity contribution >= 4 is 21.4 Å². The lowest BCUT2D eigenvalue weighted by atomic mass is 9.98. The highest BCUT2D eigenvalue weighted by Gasteiger charge is 2.29. The van der Waals surface area contributed by atoms with E-state index in [4.69, 9.17) is 0 Å². The maximum absolute atomic E-state index is 12.9. The number of hydrogen-bond acceptors (Lipinski definition) is 4. The fraction of sp³-hybridized carbons (Fsp3) is 0.733. The first-order chi connectivity index (χ1) is 9.95. The van der Waals surface area contributed by atoms with Gasteiger partial charge in [-0.1, -0.05) is 6.92 Å². The molecule has 120 valence electrons. The van der Waals surface area contributed by atoms with Crippen molar-refractivity contribution in [2.24, 2.45) is 5.92 Å². The molecule has 21 heavy (non-hydrogen) atoms. The molecule has 1 N–H and O–H groups in total. The summed E-state index contributed by atoms with van der Waals surface area (Å²) >= 11 is 1.56. The minimum Gasteiger partial charge on any atom is -0.317 e. The molecule has 0 atom stereocenters. The monoisotopic (exact) mass is 330 g/mol. The quantitative estimate of drug-likeness (QED) is 0.872. The molecule has 0 aliphatic carbocycles. The van der Waals surface area contributed by atoms with E-state index in [9.17, 15) is 8.42 Å². The van der Waals surface area contributed by atoms with Gasteiger partial charge in [-0.05, 0) is 58.2 Å².